The molecule has 2 N–H and O–H groups in total. The normalized spacial score (nSPS) is 11.1. The van der Waals surface area contributed by atoms with Crippen LogP contribution in [0, 0.1) is 0 Å². The first kappa shape index (κ1) is 25.1. The van der Waals surface area contributed by atoms with E-state index in [9.17, 15) is 4.79 Å². The van der Waals surface area contributed by atoms with E-state index in [1.807, 2.05) is 0 Å². The lowest BCUT2D eigenvalue weighted by Gasteiger charge is -2.08. The van der Waals surface area contributed by atoms with Gasteiger partial charge in [-0.25, -0.2) is 4.79 Å². The van der Waals surface area contributed by atoms with Crippen molar-refractivity contribution < 1.29 is 48.2 Å². The Morgan fingerprint density at radius 2 is 0.769 bits per heavy atom. The molecule has 10 nitrogen and oxygen atoms in total. The van der Waals surface area contributed by atoms with Crippen LogP contribution in [0.5, 0.6) is 0 Å². The molecule has 0 saturated carbocycles. The van der Waals surface area contributed by atoms with Gasteiger partial charge in [-0.15, -0.1) is 0 Å². The van der Waals surface area contributed by atoms with Crippen molar-refractivity contribution in [2.75, 3.05) is 99.1 Å². The predicted molar refractivity (Wildman–Crippen MR) is 90.5 cm³/mol. The van der Waals surface area contributed by atoms with Crippen molar-refractivity contribution in [1.29, 1.82) is 0 Å². The van der Waals surface area contributed by atoms with Gasteiger partial charge in [-0.2, -0.15) is 0 Å². The smallest absolute Gasteiger partial charge is 0.329 e. The van der Waals surface area contributed by atoms with Crippen LogP contribution >= 0.6 is 0 Å². The van der Waals surface area contributed by atoms with Crippen molar-refractivity contribution in [1.82, 2.24) is 0 Å². The van der Waals surface area contributed by atoms with Gasteiger partial charge >= 0.3 is 5.97 Å². The summed E-state index contributed by atoms with van der Waals surface area (Å²) in [6.07, 6.45) is 0. The van der Waals surface area contributed by atoms with Crippen LogP contribution in [-0.4, -0.2) is 115 Å². The zero-order valence-electron chi connectivity index (χ0n) is 15.3. The third kappa shape index (κ3) is 23.1. The van der Waals surface area contributed by atoms with E-state index in [4.69, 9.17) is 43.4 Å². The molecule has 0 aromatic carbocycles. The van der Waals surface area contributed by atoms with Gasteiger partial charge in [0.2, 0.25) is 0 Å². The van der Waals surface area contributed by atoms with E-state index in [0.717, 1.165) is 0 Å². The van der Waals surface area contributed by atoms with E-state index in [1.165, 1.54) is 0 Å². The number of rotatable bonds is 22. The maximum atomic E-state index is 10.2. The second kappa shape index (κ2) is 22.2. The van der Waals surface area contributed by atoms with Gasteiger partial charge < -0.3 is 43.4 Å². The van der Waals surface area contributed by atoms with Crippen LogP contribution in [0.25, 0.3) is 0 Å². The fourth-order valence-corrected chi connectivity index (χ4v) is 1.54. The Morgan fingerprint density at radius 3 is 1.04 bits per heavy atom. The average molecular weight is 384 g/mol. The molecule has 0 bridgehead atoms. The molecule has 0 rings (SSSR count). The lowest BCUT2D eigenvalue weighted by atomic mass is 10.6. The lowest BCUT2D eigenvalue weighted by molar-refractivity contribution is -0.142. The Hall–Kier alpha value is -0.850. The van der Waals surface area contributed by atoms with E-state index in [0.29, 0.717) is 79.3 Å². The summed E-state index contributed by atoms with van der Waals surface area (Å²) in [5, 5.41) is 16.9. The number of carboxylic acid groups (broad SMARTS) is 1. The van der Waals surface area contributed by atoms with Crippen LogP contribution in [0.4, 0.5) is 0 Å². The Kier molecular flexibility index (Phi) is 21.5. The standard InChI is InChI=1S/C16H32O10/c17-1-2-20-3-4-21-5-6-22-7-8-23-9-10-24-11-12-25-13-14-26-15-16(18)19/h17H,1-15H2,(H,18,19). The fraction of sp³-hybridized carbons (Fsp3) is 0.938. The first-order chi connectivity index (χ1) is 12.8. The van der Waals surface area contributed by atoms with Crippen molar-refractivity contribution in [2.45, 2.75) is 0 Å². The van der Waals surface area contributed by atoms with Crippen molar-refractivity contribution in [2.24, 2.45) is 0 Å². The number of aliphatic hydroxyl groups is 1. The lowest BCUT2D eigenvalue weighted by Crippen LogP contribution is -2.15. The van der Waals surface area contributed by atoms with Crippen molar-refractivity contribution in [3.63, 3.8) is 0 Å². The quantitative estimate of drug-likeness (QED) is 0.229. The number of hydrogen-bond acceptors (Lipinski definition) is 9. The zero-order chi connectivity index (χ0) is 19.1. The number of carboxylic acids is 1. The molecule has 26 heavy (non-hydrogen) atoms. The van der Waals surface area contributed by atoms with Crippen molar-refractivity contribution >= 4 is 5.97 Å². The molecule has 0 radical (unpaired) electrons. The number of ether oxygens (including phenoxy) is 7. The Morgan fingerprint density at radius 1 is 0.500 bits per heavy atom. The summed E-state index contributed by atoms with van der Waals surface area (Å²) < 4.78 is 36.3. The molecule has 0 aliphatic carbocycles. The summed E-state index contributed by atoms with van der Waals surface area (Å²) >= 11 is 0. The Bertz CT molecular complexity index is 290. The monoisotopic (exact) mass is 384 g/mol. The molecule has 0 aromatic heterocycles. The van der Waals surface area contributed by atoms with Gasteiger partial charge in [0, 0.05) is 0 Å². The van der Waals surface area contributed by atoms with E-state index in [2.05, 4.69) is 0 Å². The average Bonchev–Trinajstić information content (AvgIpc) is 2.62. The molecule has 0 aromatic rings. The molecule has 10 heteroatoms. The molecule has 0 fully saturated rings. The molecular formula is C16H32O10. The number of hydrogen-bond donors (Lipinski definition) is 2. The van der Waals surface area contributed by atoms with Gasteiger partial charge in [-0.1, -0.05) is 0 Å². The van der Waals surface area contributed by atoms with Crippen molar-refractivity contribution in [3.05, 3.63) is 0 Å². The molecule has 0 amide bonds. The fourth-order valence-electron chi connectivity index (χ4n) is 1.54. The van der Waals surface area contributed by atoms with E-state index in [-0.39, 0.29) is 19.8 Å². The molecule has 156 valence electrons. The van der Waals surface area contributed by atoms with Crippen LogP contribution in [0.3, 0.4) is 0 Å². The summed E-state index contributed by atoms with van der Waals surface area (Å²) in [6.45, 7) is 5.34. The van der Waals surface area contributed by atoms with Gasteiger partial charge in [0.05, 0.1) is 92.5 Å². The van der Waals surface area contributed by atoms with Crippen molar-refractivity contribution in [3.8, 4) is 0 Å². The van der Waals surface area contributed by atoms with E-state index >= 15 is 0 Å². The maximum absolute atomic E-state index is 10.2. The van der Waals surface area contributed by atoms with Gasteiger partial charge in [0.25, 0.3) is 0 Å². The second-order valence-electron chi connectivity index (χ2n) is 4.84. The highest BCUT2D eigenvalue weighted by Gasteiger charge is 1.96. The van der Waals surface area contributed by atoms with Gasteiger partial charge in [-0.05, 0) is 0 Å². The van der Waals surface area contributed by atoms with E-state index in [1.54, 1.807) is 0 Å². The van der Waals surface area contributed by atoms with E-state index < -0.39 is 5.97 Å². The minimum Gasteiger partial charge on any atom is -0.480 e. The highest BCUT2D eigenvalue weighted by molar-refractivity contribution is 5.67. The maximum Gasteiger partial charge on any atom is 0.329 e. The number of aliphatic hydroxyl groups excluding tert-OH is 1. The molecule has 0 saturated heterocycles. The minimum absolute atomic E-state index is 0.0214. The highest BCUT2D eigenvalue weighted by atomic mass is 16.6. The topological polar surface area (TPSA) is 122 Å². The predicted octanol–water partition coefficient (Wildman–Crippen LogP) is -0.820. The van der Waals surface area contributed by atoms with Gasteiger partial charge in [0.1, 0.15) is 6.61 Å². The van der Waals surface area contributed by atoms with Crippen LogP contribution in [-0.2, 0) is 38.0 Å². The molecule has 0 heterocycles. The number of carbonyl (C=O) groups is 1. The Labute approximate surface area is 154 Å². The Balaban J connectivity index is 2.98. The molecule has 0 aliphatic heterocycles. The van der Waals surface area contributed by atoms with Crippen LogP contribution in [0.2, 0.25) is 0 Å². The molecule has 0 atom stereocenters. The first-order valence-electron chi connectivity index (χ1n) is 8.64. The summed E-state index contributed by atoms with van der Waals surface area (Å²) in [5.74, 6) is -0.993. The first-order valence-corrected chi connectivity index (χ1v) is 8.64. The largest absolute Gasteiger partial charge is 0.480 e. The van der Waals surface area contributed by atoms with Crippen LogP contribution in [0.1, 0.15) is 0 Å². The molecular weight excluding hydrogens is 352 g/mol. The SMILES string of the molecule is O=C(O)COCCOCCOCCOCCOCCOCCOCCO. The molecule has 0 unspecified atom stereocenters. The van der Waals surface area contributed by atoms with Gasteiger partial charge in [-0.3, -0.25) is 0 Å². The zero-order valence-corrected chi connectivity index (χ0v) is 15.3. The third-order valence-corrected chi connectivity index (χ3v) is 2.69. The molecule has 0 spiro atoms. The number of aliphatic carboxylic acids is 1. The van der Waals surface area contributed by atoms with Crippen LogP contribution < -0.4 is 0 Å². The summed E-state index contributed by atoms with van der Waals surface area (Å²) in [5.41, 5.74) is 0. The summed E-state index contributed by atoms with van der Waals surface area (Å²) in [4.78, 5) is 10.2. The highest BCUT2D eigenvalue weighted by Crippen LogP contribution is 1.85. The third-order valence-electron chi connectivity index (χ3n) is 2.69. The summed E-state index contributed by atoms with van der Waals surface area (Å²) in [6, 6.07) is 0. The second-order valence-corrected chi connectivity index (χ2v) is 4.84. The van der Waals surface area contributed by atoms with Crippen LogP contribution in [0.15, 0.2) is 0 Å². The summed E-state index contributed by atoms with van der Waals surface area (Å²) in [7, 11) is 0. The van der Waals surface area contributed by atoms with Gasteiger partial charge in [0.15, 0.2) is 0 Å². The minimum atomic E-state index is -0.993. The molecule has 0 aliphatic rings.